The van der Waals surface area contributed by atoms with Gasteiger partial charge in [-0.25, -0.2) is 10.3 Å². The molecule has 8 heteroatoms. The van der Waals surface area contributed by atoms with E-state index in [1.807, 2.05) is 0 Å². The molecule has 2 rings (SSSR count). The van der Waals surface area contributed by atoms with Crippen molar-refractivity contribution in [2.75, 3.05) is 6.00 Å². The summed E-state index contributed by atoms with van der Waals surface area (Å²) in [5.41, 5.74) is 3.54. The summed E-state index contributed by atoms with van der Waals surface area (Å²) in [6, 6.07) is 6.69. The first kappa shape index (κ1) is 11.6. The summed E-state index contributed by atoms with van der Waals surface area (Å²) >= 11 is 5.60. The van der Waals surface area contributed by atoms with Crippen molar-refractivity contribution in [3.63, 3.8) is 0 Å². The van der Waals surface area contributed by atoms with Crippen molar-refractivity contribution in [2.24, 2.45) is 0 Å². The zero-order valence-electron chi connectivity index (χ0n) is 8.09. The minimum Gasteiger partial charge on any atom is -0.433 e. The minimum atomic E-state index is -2.41. The summed E-state index contributed by atoms with van der Waals surface area (Å²) in [6.45, 7) is 0. The van der Waals surface area contributed by atoms with Crippen LogP contribution in [0.15, 0.2) is 24.3 Å². The molecule has 0 amide bonds. The van der Waals surface area contributed by atoms with Crippen molar-refractivity contribution >= 4 is 39.4 Å². The number of nitrogens with zero attached hydrogens (tertiary/aromatic N) is 1. The average Bonchev–Trinajstić information content (AvgIpc) is 2.29. The maximum atomic E-state index is 11.0. The fraction of sp³-hybridized carbons (Fsp3) is 0.125. The van der Waals surface area contributed by atoms with Crippen LogP contribution in [0, 0.1) is 0 Å². The zero-order chi connectivity index (χ0) is 11.7. The van der Waals surface area contributed by atoms with Gasteiger partial charge in [0.15, 0.2) is 4.99 Å². The molecular formula is C8H8BClN2O3S. The highest BCUT2D eigenvalue weighted by molar-refractivity contribution is 7.73. The number of halogens is 1. The van der Waals surface area contributed by atoms with Gasteiger partial charge in [0, 0.05) is 5.56 Å². The Bertz CT molecular complexity index is 540. The molecule has 1 aromatic carbocycles. The molecule has 1 heterocycles. The molecule has 0 aliphatic carbocycles. The molecule has 0 spiro atoms. The van der Waals surface area contributed by atoms with Crippen LogP contribution in [0.5, 0.6) is 0 Å². The van der Waals surface area contributed by atoms with E-state index in [0.29, 0.717) is 11.0 Å². The summed E-state index contributed by atoms with van der Waals surface area (Å²) in [6.07, 6.45) is 0. The summed E-state index contributed by atoms with van der Waals surface area (Å²) < 4.78 is 22.1. The number of hydrazine groups is 1. The molecule has 1 aliphatic heterocycles. The Morgan fingerprint density at radius 2 is 2.12 bits per heavy atom. The van der Waals surface area contributed by atoms with E-state index in [4.69, 9.17) is 11.6 Å². The van der Waals surface area contributed by atoms with Gasteiger partial charge in [-0.05, 0) is 5.46 Å². The van der Waals surface area contributed by atoms with E-state index in [9.17, 15) is 13.4 Å². The largest absolute Gasteiger partial charge is 0.433 e. The summed E-state index contributed by atoms with van der Waals surface area (Å²) in [4.78, 5) is 1.25. The molecule has 1 aliphatic rings. The molecule has 0 radical (unpaired) electrons. The molecule has 0 unspecified atom stereocenters. The van der Waals surface area contributed by atoms with Crippen LogP contribution >= 0.6 is 11.6 Å². The van der Waals surface area contributed by atoms with Gasteiger partial charge in [-0.1, -0.05) is 24.3 Å². The highest BCUT2D eigenvalue weighted by atomic mass is 35.5. The molecule has 0 aromatic heterocycles. The lowest BCUT2D eigenvalue weighted by molar-refractivity contribution is 0.377. The lowest BCUT2D eigenvalue weighted by Gasteiger charge is -2.29. The quantitative estimate of drug-likeness (QED) is 0.285. The van der Waals surface area contributed by atoms with Gasteiger partial charge in [0.25, 0.3) is 0 Å². The number of benzene rings is 1. The minimum absolute atomic E-state index is 0.0153. The van der Waals surface area contributed by atoms with Crippen LogP contribution in [-0.2, 0) is 10.3 Å². The number of hydrogen-bond acceptors (Lipinski definition) is 4. The number of fused-ring (bicyclic) bond motifs is 1. The zero-order valence-corrected chi connectivity index (χ0v) is 9.66. The molecule has 0 saturated heterocycles. The third-order valence-electron chi connectivity index (χ3n) is 2.32. The first-order chi connectivity index (χ1) is 7.65. The van der Waals surface area contributed by atoms with E-state index in [0.717, 1.165) is 0 Å². The fourth-order valence-corrected chi connectivity index (χ4v) is 2.32. The number of rotatable bonds is 1. The number of nitrogens with one attached hydrogen (secondary N) is 1. The Morgan fingerprint density at radius 3 is 2.75 bits per heavy atom. The van der Waals surface area contributed by atoms with Crippen molar-refractivity contribution in [2.45, 2.75) is 0 Å². The van der Waals surface area contributed by atoms with Crippen LogP contribution in [0.25, 0.3) is 0 Å². The van der Waals surface area contributed by atoms with Crippen LogP contribution in [-0.4, -0.2) is 36.4 Å². The van der Waals surface area contributed by atoms with Crippen molar-refractivity contribution in [1.29, 1.82) is 0 Å². The standard InChI is InChI=1S/C8H8BClN2O3S/c10-5-12-9(13)7-4-2-1-3-6(7)8(11-12)16(14)15/h1-4,11,13H,5H2. The van der Waals surface area contributed by atoms with E-state index in [1.54, 1.807) is 24.3 Å². The van der Waals surface area contributed by atoms with Crippen molar-refractivity contribution in [1.82, 2.24) is 10.3 Å². The van der Waals surface area contributed by atoms with Crippen LogP contribution in [0.3, 0.4) is 0 Å². The Kier molecular flexibility index (Phi) is 3.31. The van der Waals surface area contributed by atoms with Gasteiger partial charge >= 0.3 is 7.05 Å². The predicted molar refractivity (Wildman–Crippen MR) is 62.8 cm³/mol. The van der Waals surface area contributed by atoms with Crippen molar-refractivity contribution in [3.8, 4) is 0 Å². The third kappa shape index (κ3) is 1.88. The topological polar surface area (TPSA) is 69.6 Å². The van der Waals surface area contributed by atoms with Crippen LogP contribution in [0.4, 0.5) is 0 Å². The maximum Gasteiger partial charge on any atom is 0.432 e. The average molecular weight is 258 g/mol. The lowest BCUT2D eigenvalue weighted by Crippen LogP contribution is -2.62. The monoisotopic (exact) mass is 258 g/mol. The Balaban J connectivity index is 2.65. The van der Waals surface area contributed by atoms with Crippen molar-refractivity contribution < 1.29 is 13.4 Å². The van der Waals surface area contributed by atoms with Gasteiger partial charge in [-0.15, -0.1) is 11.6 Å². The Hall–Kier alpha value is -0.855. The molecule has 5 nitrogen and oxygen atoms in total. The van der Waals surface area contributed by atoms with Crippen molar-refractivity contribution in [3.05, 3.63) is 29.8 Å². The number of hydrogen-bond donors (Lipinski definition) is 2. The van der Waals surface area contributed by atoms with Gasteiger partial charge in [-0.2, -0.15) is 8.42 Å². The second kappa shape index (κ2) is 4.56. The highest BCUT2D eigenvalue weighted by Crippen LogP contribution is 2.06. The first-order valence-corrected chi connectivity index (χ1v) is 6.09. The maximum absolute atomic E-state index is 11.0. The van der Waals surface area contributed by atoms with E-state index < -0.39 is 17.3 Å². The van der Waals surface area contributed by atoms with Gasteiger partial charge in [-0.3, -0.25) is 0 Å². The van der Waals surface area contributed by atoms with E-state index in [2.05, 4.69) is 5.43 Å². The molecule has 0 fully saturated rings. The molecule has 16 heavy (non-hydrogen) atoms. The van der Waals surface area contributed by atoms with E-state index in [-0.39, 0.29) is 11.0 Å². The molecule has 84 valence electrons. The molecule has 0 atom stereocenters. The highest BCUT2D eigenvalue weighted by Gasteiger charge is 2.33. The predicted octanol–water partition coefficient (Wildman–Crippen LogP) is -1.25. The molecule has 2 N–H and O–H groups in total. The second-order valence-electron chi connectivity index (χ2n) is 3.23. The van der Waals surface area contributed by atoms with Crippen LogP contribution in [0.2, 0.25) is 0 Å². The number of alkyl halides is 1. The van der Waals surface area contributed by atoms with Gasteiger partial charge in [0.05, 0.1) is 6.00 Å². The van der Waals surface area contributed by atoms with Crippen LogP contribution in [0.1, 0.15) is 5.56 Å². The van der Waals surface area contributed by atoms with E-state index in [1.165, 1.54) is 4.92 Å². The fourth-order valence-electron chi connectivity index (χ4n) is 1.57. The van der Waals surface area contributed by atoms with E-state index >= 15 is 0 Å². The third-order valence-corrected chi connectivity index (χ3v) is 3.22. The van der Waals surface area contributed by atoms with Gasteiger partial charge in [0.2, 0.25) is 10.3 Å². The molecule has 1 aromatic rings. The Labute approximate surface area is 99.3 Å². The molecule has 0 saturated carbocycles. The smallest absolute Gasteiger partial charge is 0.432 e. The summed E-state index contributed by atoms with van der Waals surface area (Å²) in [5, 5.41) is 9.89. The van der Waals surface area contributed by atoms with Crippen LogP contribution < -0.4 is 10.9 Å². The molecule has 0 bridgehead atoms. The van der Waals surface area contributed by atoms with Gasteiger partial charge in [0.1, 0.15) is 0 Å². The second-order valence-corrected chi connectivity index (χ2v) is 4.34. The Morgan fingerprint density at radius 1 is 1.44 bits per heavy atom. The lowest BCUT2D eigenvalue weighted by atomic mass is 9.69. The SMILES string of the molecule is O=S(=O)=C1NN(CCl)B(O)c2ccccc21. The summed E-state index contributed by atoms with van der Waals surface area (Å²) in [5.74, 6) is 0. The summed E-state index contributed by atoms with van der Waals surface area (Å²) in [7, 11) is -3.36. The normalized spacial score (nSPS) is 16.1. The molecular weight excluding hydrogens is 250 g/mol. The first-order valence-electron chi connectivity index (χ1n) is 4.48. The van der Waals surface area contributed by atoms with Gasteiger partial charge < -0.3 is 5.02 Å².